The minimum absolute atomic E-state index is 0.00197. The molecule has 4 amide bonds. The average molecular weight is 371 g/mol. The quantitative estimate of drug-likeness (QED) is 0.776. The van der Waals surface area contributed by atoms with Gasteiger partial charge in [0.15, 0.2) is 5.54 Å². The van der Waals surface area contributed by atoms with E-state index in [2.05, 4.69) is 10.6 Å². The van der Waals surface area contributed by atoms with Crippen LogP contribution in [-0.2, 0) is 19.9 Å². The molecule has 2 aromatic rings. The molecule has 2 aliphatic rings. The van der Waals surface area contributed by atoms with Gasteiger partial charge in [-0.3, -0.25) is 14.5 Å². The number of furan rings is 1. The number of nitrogens with one attached hydrogen (secondary N) is 2. The van der Waals surface area contributed by atoms with E-state index in [0.29, 0.717) is 24.5 Å². The van der Waals surface area contributed by atoms with Crippen LogP contribution in [0.25, 0.3) is 11.0 Å². The number of carbonyl (C=O) groups excluding carboxylic acids is 3. The van der Waals surface area contributed by atoms with Crippen LogP contribution < -0.4 is 10.6 Å². The van der Waals surface area contributed by atoms with Crippen molar-refractivity contribution < 1.29 is 23.5 Å². The highest BCUT2D eigenvalue weighted by Gasteiger charge is 2.51. The molecule has 0 radical (unpaired) electrons. The molecule has 2 saturated heterocycles. The third-order valence-electron chi connectivity index (χ3n) is 5.05. The number of benzene rings is 1. The van der Waals surface area contributed by atoms with Gasteiger partial charge in [-0.25, -0.2) is 4.79 Å². The van der Waals surface area contributed by atoms with Gasteiger partial charge in [-0.05, 0) is 31.9 Å². The summed E-state index contributed by atoms with van der Waals surface area (Å²) in [4.78, 5) is 38.3. The lowest BCUT2D eigenvalue weighted by atomic mass is 9.99. The third-order valence-corrected chi connectivity index (χ3v) is 5.05. The van der Waals surface area contributed by atoms with E-state index < -0.39 is 23.4 Å². The summed E-state index contributed by atoms with van der Waals surface area (Å²) >= 11 is 0. The van der Waals surface area contributed by atoms with Crippen LogP contribution in [0.2, 0.25) is 0 Å². The van der Waals surface area contributed by atoms with Crippen molar-refractivity contribution in [2.24, 2.45) is 0 Å². The topological polar surface area (TPSA) is 101 Å². The Morgan fingerprint density at radius 2 is 2.19 bits per heavy atom. The SMILES string of the molecule is C[C@@]1(c2cc3ccccc3o2)NC(=O)N(CC(=O)NC[C@@H]2CCCO2)C1=O. The highest BCUT2D eigenvalue weighted by Crippen LogP contribution is 2.32. The van der Waals surface area contributed by atoms with Crippen molar-refractivity contribution in [3.8, 4) is 0 Å². The standard InChI is InChI=1S/C19H21N3O5/c1-19(15-9-12-5-2-3-7-14(12)27-15)17(24)22(18(25)21-19)11-16(23)20-10-13-6-4-8-26-13/h2-3,5,7,9,13H,4,6,8,10-11H2,1H3,(H,20,23)(H,21,25)/t13-,19-/m0/s1. The predicted molar refractivity (Wildman–Crippen MR) is 95.8 cm³/mol. The molecule has 142 valence electrons. The van der Waals surface area contributed by atoms with Gasteiger partial charge in [0, 0.05) is 18.5 Å². The van der Waals surface area contributed by atoms with Crippen molar-refractivity contribution in [3.63, 3.8) is 0 Å². The monoisotopic (exact) mass is 371 g/mol. The summed E-state index contributed by atoms with van der Waals surface area (Å²) in [5.41, 5.74) is -0.714. The molecule has 8 nitrogen and oxygen atoms in total. The lowest BCUT2D eigenvalue weighted by Gasteiger charge is -2.19. The zero-order valence-electron chi connectivity index (χ0n) is 15.0. The third kappa shape index (κ3) is 3.16. The predicted octanol–water partition coefficient (Wildman–Crippen LogP) is 1.49. The fourth-order valence-electron chi connectivity index (χ4n) is 3.47. The lowest BCUT2D eigenvalue weighted by molar-refractivity contribution is -0.135. The molecule has 4 rings (SSSR count). The molecule has 1 aromatic heterocycles. The molecule has 2 aliphatic heterocycles. The number of imide groups is 1. The van der Waals surface area contributed by atoms with Crippen molar-refractivity contribution in [1.82, 2.24) is 15.5 Å². The van der Waals surface area contributed by atoms with Gasteiger partial charge in [-0.1, -0.05) is 18.2 Å². The minimum atomic E-state index is -1.34. The maximum atomic E-state index is 12.9. The van der Waals surface area contributed by atoms with Crippen LogP contribution in [0.1, 0.15) is 25.5 Å². The first-order chi connectivity index (χ1) is 13.0. The number of hydrogen-bond acceptors (Lipinski definition) is 5. The van der Waals surface area contributed by atoms with Gasteiger partial charge >= 0.3 is 6.03 Å². The molecule has 3 heterocycles. The molecule has 2 atom stereocenters. The fourth-order valence-corrected chi connectivity index (χ4v) is 3.47. The number of amides is 4. The van der Waals surface area contributed by atoms with E-state index in [1.54, 1.807) is 19.1 Å². The Morgan fingerprint density at radius 1 is 1.37 bits per heavy atom. The molecule has 2 N–H and O–H groups in total. The summed E-state index contributed by atoms with van der Waals surface area (Å²) in [6.45, 7) is 2.31. The average Bonchev–Trinajstić information content (AvgIpc) is 3.36. The van der Waals surface area contributed by atoms with Crippen LogP contribution in [-0.4, -0.2) is 48.5 Å². The first kappa shape index (κ1) is 17.5. The maximum Gasteiger partial charge on any atom is 0.325 e. The molecule has 2 fully saturated rings. The second-order valence-corrected chi connectivity index (χ2v) is 7.03. The summed E-state index contributed by atoms with van der Waals surface area (Å²) < 4.78 is 11.2. The van der Waals surface area contributed by atoms with Crippen molar-refractivity contribution >= 4 is 28.8 Å². The molecule has 0 unspecified atom stereocenters. The smallest absolute Gasteiger partial charge is 0.325 e. The van der Waals surface area contributed by atoms with Gasteiger partial charge in [0.1, 0.15) is 17.9 Å². The number of carbonyl (C=O) groups is 3. The second-order valence-electron chi connectivity index (χ2n) is 7.03. The van der Waals surface area contributed by atoms with Gasteiger partial charge in [-0.15, -0.1) is 0 Å². The van der Waals surface area contributed by atoms with Crippen LogP contribution in [0.3, 0.4) is 0 Å². The highest BCUT2D eigenvalue weighted by atomic mass is 16.5. The molecule has 8 heteroatoms. The normalized spacial score (nSPS) is 25.2. The van der Waals surface area contributed by atoms with E-state index in [-0.39, 0.29) is 12.6 Å². The Kier molecular flexibility index (Phi) is 4.35. The number of nitrogens with zero attached hydrogens (tertiary/aromatic N) is 1. The van der Waals surface area contributed by atoms with Crippen molar-refractivity contribution in [1.29, 1.82) is 0 Å². The Labute approximate surface area is 155 Å². The van der Waals surface area contributed by atoms with Crippen LogP contribution in [0.4, 0.5) is 4.79 Å². The van der Waals surface area contributed by atoms with Gasteiger partial charge in [0.05, 0.1) is 6.10 Å². The van der Waals surface area contributed by atoms with Crippen molar-refractivity contribution in [2.45, 2.75) is 31.4 Å². The van der Waals surface area contributed by atoms with Crippen LogP contribution >= 0.6 is 0 Å². The van der Waals surface area contributed by atoms with E-state index in [1.165, 1.54) is 0 Å². The Balaban J connectivity index is 1.46. The van der Waals surface area contributed by atoms with Gasteiger partial charge in [-0.2, -0.15) is 0 Å². The summed E-state index contributed by atoms with van der Waals surface area (Å²) in [6, 6.07) is 8.47. The Bertz CT molecular complexity index is 869. The number of fused-ring (bicyclic) bond motifs is 1. The zero-order valence-corrected chi connectivity index (χ0v) is 15.0. The summed E-state index contributed by atoms with van der Waals surface area (Å²) in [6.07, 6.45) is 1.87. The number of rotatable bonds is 5. The lowest BCUT2D eigenvalue weighted by Crippen LogP contribution is -2.44. The molecule has 27 heavy (non-hydrogen) atoms. The molecule has 1 aromatic carbocycles. The second kappa shape index (κ2) is 6.70. The van der Waals surface area contributed by atoms with Gasteiger partial charge in [0.2, 0.25) is 5.91 Å². The molecule has 0 bridgehead atoms. The summed E-state index contributed by atoms with van der Waals surface area (Å²) in [5, 5.41) is 6.21. The largest absolute Gasteiger partial charge is 0.458 e. The van der Waals surface area contributed by atoms with E-state index >= 15 is 0 Å². The van der Waals surface area contributed by atoms with Gasteiger partial charge in [0.25, 0.3) is 5.91 Å². The minimum Gasteiger partial charge on any atom is -0.458 e. The van der Waals surface area contributed by atoms with Gasteiger partial charge < -0.3 is 19.8 Å². The number of urea groups is 1. The number of ether oxygens (including phenoxy) is 1. The van der Waals surface area contributed by atoms with Crippen LogP contribution in [0.15, 0.2) is 34.7 Å². The maximum absolute atomic E-state index is 12.9. The first-order valence-electron chi connectivity index (χ1n) is 8.99. The molecule has 0 saturated carbocycles. The Hall–Kier alpha value is -2.87. The van der Waals surface area contributed by atoms with Crippen LogP contribution in [0, 0.1) is 0 Å². The van der Waals surface area contributed by atoms with Crippen molar-refractivity contribution in [3.05, 3.63) is 36.1 Å². The fraction of sp³-hybridized carbons (Fsp3) is 0.421. The first-order valence-corrected chi connectivity index (χ1v) is 8.99. The van der Waals surface area contributed by atoms with E-state index in [0.717, 1.165) is 23.1 Å². The highest BCUT2D eigenvalue weighted by molar-refractivity contribution is 6.09. The Morgan fingerprint density at radius 3 is 2.93 bits per heavy atom. The summed E-state index contributed by atoms with van der Waals surface area (Å²) in [5.74, 6) is -0.578. The van der Waals surface area contributed by atoms with E-state index in [9.17, 15) is 14.4 Å². The molecular weight excluding hydrogens is 350 g/mol. The number of para-hydroxylation sites is 1. The number of hydrogen-bond donors (Lipinski definition) is 2. The molecular formula is C19H21N3O5. The zero-order chi connectivity index (χ0) is 19.0. The van der Waals surface area contributed by atoms with Crippen LogP contribution in [0.5, 0.6) is 0 Å². The molecule has 0 spiro atoms. The van der Waals surface area contributed by atoms with E-state index in [4.69, 9.17) is 9.15 Å². The van der Waals surface area contributed by atoms with E-state index in [1.807, 2.05) is 18.2 Å². The van der Waals surface area contributed by atoms with Crippen molar-refractivity contribution in [2.75, 3.05) is 19.7 Å². The summed E-state index contributed by atoms with van der Waals surface area (Å²) in [7, 11) is 0. The molecule has 0 aliphatic carbocycles.